The van der Waals surface area contributed by atoms with Gasteiger partial charge in [0, 0.05) is 32.1 Å². The molecule has 0 aliphatic heterocycles. The van der Waals surface area contributed by atoms with Gasteiger partial charge in [-0.2, -0.15) is 0 Å². The number of nitrogens with zero attached hydrogens (tertiary/aromatic N) is 4. The third-order valence-electron chi connectivity index (χ3n) is 3.98. The Morgan fingerprint density at radius 1 is 0.909 bits per heavy atom. The second-order valence-corrected chi connectivity index (χ2v) is 9.70. The third-order valence-corrected chi connectivity index (χ3v) is 3.98. The number of hydrogen-bond donors (Lipinski definition) is 0. The maximum Gasteiger partial charge on any atom is 0.421 e. The summed E-state index contributed by atoms with van der Waals surface area (Å²) in [6, 6.07) is 3.57. The highest BCUT2D eigenvalue weighted by molar-refractivity contribution is 6.14. The third kappa shape index (κ3) is 8.68. The molecule has 184 valence electrons. The highest BCUT2D eigenvalue weighted by atomic mass is 16.6. The number of non-ortho nitro benzene ring substituents is 1. The average Bonchev–Trinajstić information content (AvgIpc) is 2.59. The molecule has 11 heteroatoms. The van der Waals surface area contributed by atoms with Crippen molar-refractivity contribution < 1.29 is 28.8 Å². The summed E-state index contributed by atoms with van der Waals surface area (Å²) in [4.78, 5) is 53.0. The lowest BCUT2D eigenvalue weighted by molar-refractivity contribution is -0.384. The fourth-order valence-electron chi connectivity index (χ4n) is 2.66. The fraction of sp³-hybridized carbons (Fsp3) is 0.591. The zero-order chi connectivity index (χ0) is 25.7. The second kappa shape index (κ2) is 10.6. The fourth-order valence-corrected chi connectivity index (χ4v) is 2.66. The van der Waals surface area contributed by atoms with Crippen molar-refractivity contribution in [3.8, 4) is 0 Å². The molecule has 11 nitrogen and oxygen atoms in total. The zero-order valence-electron chi connectivity index (χ0n) is 20.8. The minimum atomic E-state index is -1.02. The van der Waals surface area contributed by atoms with Crippen LogP contribution >= 0.6 is 0 Å². The lowest BCUT2D eigenvalue weighted by Gasteiger charge is -2.32. The molecule has 0 atom stereocenters. The smallest absolute Gasteiger partial charge is 0.421 e. The van der Waals surface area contributed by atoms with E-state index < -0.39 is 34.2 Å². The Kier molecular flexibility index (Phi) is 8.94. The molecule has 0 bridgehead atoms. The van der Waals surface area contributed by atoms with E-state index >= 15 is 0 Å². The Morgan fingerprint density at radius 2 is 1.42 bits per heavy atom. The Balaban J connectivity index is 3.73. The highest BCUT2D eigenvalue weighted by Crippen LogP contribution is 2.35. The molecule has 0 fully saturated rings. The number of carbonyl (C=O) groups is 3. The topological polar surface area (TPSA) is 123 Å². The van der Waals surface area contributed by atoms with Gasteiger partial charge in [-0.25, -0.2) is 14.5 Å². The van der Waals surface area contributed by atoms with Crippen LogP contribution in [0.2, 0.25) is 0 Å². The van der Waals surface area contributed by atoms with Crippen LogP contribution in [0.5, 0.6) is 0 Å². The van der Waals surface area contributed by atoms with Gasteiger partial charge in [0.25, 0.3) is 5.69 Å². The number of likely N-dealkylation sites (N-methyl/N-ethyl adjacent to an activating group) is 1. The average molecular weight is 467 g/mol. The molecule has 0 unspecified atom stereocenters. The Hall–Kier alpha value is -3.21. The van der Waals surface area contributed by atoms with E-state index in [9.17, 15) is 24.5 Å². The van der Waals surface area contributed by atoms with E-state index in [1.54, 1.807) is 41.5 Å². The molecule has 0 spiro atoms. The van der Waals surface area contributed by atoms with E-state index in [0.717, 1.165) is 13.0 Å². The van der Waals surface area contributed by atoms with E-state index in [-0.39, 0.29) is 23.6 Å². The van der Waals surface area contributed by atoms with Gasteiger partial charge in [-0.15, -0.1) is 0 Å². The van der Waals surface area contributed by atoms with Crippen LogP contribution in [-0.4, -0.2) is 66.3 Å². The summed E-state index contributed by atoms with van der Waals surface area (Å²) in [5, 5.41) is 11.4. The first-order valence-electron chi connectivity index (χ1n) is 10.4. The Morgan fingerprint density at radius 3 is 1.85 bits per heavy atom. The van der Waals surface area contributed by atoms with Crippen LogP contribution in [0.15, 0.2) is 18.2 Å². The van der Waals surface area contributed by atoms with Crippen molar-refractivity contribution in [1.29, 1.82) is 0 Å². The van der Waals surface area contributed by atoms with Crippen LogP contribution in [0.25, 0.3) is 0 Å². The summed E-state index contributed by atoms with van der Waals surface area (Å²) in [5.74, 6) is -0.734. The van der Waals surface area contributed by atoms with E-state index in [4.69, 9.17) is 9.47 Å². The van der Waals surface area contributed by atoms with Gasteiger partial charge < -0.3 is 14.4 Å². The number of hydrogen-bond acceptors (Lipinski definition) is 8. The van der Waals surface area contributed by atoms with Gasteiger partial charge in [-0.1, -0.05) is 0 Å². The van der Waals surface area contributed by atoms with E-state index in [0.29, 0.717) is 11.4 Å². The molecule has 3 amide bonds. The van der Waals surface area contributed by atoms with Crippen molar-refractivity contribution in [1.82, 2.24) is 4.90 Å². The molecule has 0 N–H and O–H groups in total. The van der Waals surface area contributed by atoms with Crippen LogP contribution in [0.3, 0.4) is 0 Å². The normalized spacial score (nSPS) is 11.7. The molecule has 0 aliphatic rings. The number of benzene rings is 1. The minimum absolute atomic E-state index is 0.0951. The van der Waals surface area contributed by atoms with Gasteiger partial charge in [-0.05, 0) is 61.7 Å². The van der Waals surface area contributed by atoms with Crippen molar-refractivity contribution in [3.63, 3.8) is 0 Å². The van der Waals surface area contributed by atoms with Crippen LogP contribution in [0.1, 0.15) is 48.5 Å². The summed E-state index contributed by atoms with van der Waals surface area (Å²) >= 11 is 0. The maximum atomic E-state index is 13.1. The number of carbonyl (C=O) groups excluding carboxylic acids is 3. The summed E-state index contributed by atoms with van der Waals surface area (Å²) in [6.07, 6.45) is -1.75. The molecule has 0 heterocycles. The molecule has 0 aromatic heterocycles. The number of amides is 3. The predicted molar refractivity (Wildman–Crippen MR) is 125 cm³/mol. The molecule has 0 aliphatic carbocycles. The first-order chi connectivity index (χ1) is 14.9. The highest BCUT2D eigenvalue weighted by Gasteiger charge is 2.33. The largest absolute Gasteiger partial charge is 0.443 e. The molecule has 1 rings (SSSR count). The number of rotatable bonds is 6. The number of nitro groups is 1. The monoisotopic (exact) mass is 466 g/mol. The molecular weight excluding hydrogens is 432 g/mol. The van der Waals surface area contributed by atoms with Crippen molar-refractivity contribution in [2.75, 3.05) is 37.0 Å². The van der Waals surface area contributed by atoms with E-state index in [2.05, 4.69) is 0 Å². The van der Waals surface area contributed by atoms with Gasteiger partial charge >= 0.3 is 12.2 Å². The molecule has 1 aromatic rings. The molecule has 33 heavy (non-hydrogen) atoms. The van der Waals surface area contributed by atoms with Crippen molar-refractivity contribution in [2.24, 2.45) is 0 Å². The lowest BCUT2D eigenvalue weighted by Crippen LogP contribution is -2.43. The van der Waals surface area contributed by atoms with Gasteiger partial charge in [0.15, 0.2) is 0 Å². The van der Waals surface area contributed by atoms with Crippen molar-refractivity contribution in [2.45, 2.75) is 59.7 Å². The summed E-state index contributed by atoms with van der Waals surface area (Å²) in [6.45, 7) is 11.7. The number of nitro benzene ring substituents is 1. The Bertz CT molecular complexity index is 901. The molecule has 1 aromatic carbocycles. The van der Waals surface area contributed by atoms with Gasteiger partial charge in [0.05, 0.1) is 16.3 Å². The Labute approximate surface area is 194 Å². The minimum Gasteiger partial charge on any atom is -0.443 e. The predicted octanol–water partition coefficient (Wildman–Crippen LogP) is 4.19. The van der Waals surface area contributed by atoms with Crippen LogP contribution in [0, 0.1) is 10.1 Å². The summed E-state index contributed by atoms with van der Waals surface area (Å²) < 4.78 is 10.9. The zero-order valence-corrected chi connectivity index (χ0v) is 20.8. The first-order valence-corrected chi connectivity index (χ1v) is 10.4. The molecule has 0 radical (unpaired) electrons. The molecule has 0 saturated carbocycles. The molecule has 0 saturated heterocycles. The summed E-state index contributed by atoms with van der Waals surface area (Å²) in [5.41, 5.74) is -2.17. The van der Waals surface area contributed by atoms with Crippen molar-refractivity contribution in [3.05, 3.63) is 28.3 Å². The van der Waals surface area contributed by atoms with Crippen LogP contribution in [0.4, 0.5) is 26.7 Å². The van der Waals surface area contributed by atoms with E-state index in [1.807, 2.05) is 19.0 Å². The van der Waals surface area contributed by atoms with Crippen molar-refractivity contribution >= 4 is 35.2 Å². The SMILES string of the molecule is CC(=O)N(C(=O)OC(C)(C)C)c1cc([N+](=O)[O-])ccc1N(CCN(C)C)C(=O)OC(C)(C)C. The quantitative estimate of drug-likeness (QED) is 0.452. The van der Waals surface area contributed by atoms with Crippen LogP contribution < -0.4 is 9.80 Å². The van der Waals surface area contributed by atoms with Gasteiger partial charge in [-0.3, -0.25) is 19.8 Å². The summed E-state index contributed by atoms with van der Waals surface area (Å²) in [7, 11) is 3.62. The van der Waals surface area contributed by atoms with Crippen LogP contribution in [-0.2, 0) is 14.3 Å². The maximum absolute atomic E-state index is 13.1. The van der Waals surface area contributed by atoms with Gasteiger partial charge in [0.2, 0.25) is 5.91 Å². The lowest BCUT2D eigenvalue weighted by atomic mass is 10.2. The molecular formula is C22H34N4O7. The number of anilines is 2. The van der Waals surface area contributed by atoms with E-state index in [1.165, 1.54) is 17.0 Å². The first kappa shape index (κ1) is 27.8. The van der Waals surface area contributed by atoms with Gasteiger partial charge in [0.1, 0.15) is 11.2 Å². The number of imide groups is 1. The second-order valence-electron chi connectivity index (χ2n) is 9.70. The number of ether oxygens (including phenoxy) is 2. The standard InChI is InChI=1S/C22H34N4O7/c1-15(27)25(20(29)33-22(5,6)7)18-14-16(26(30)31)10-11-17(18)24(13-12-23(8)9)19(28)32-21(2,3)4/h10-11,14H,12-13H2,1-9H3.